The molecule has 1 aromatic carbocycles. The second-order valence-corrected chi connectivity index (χ2v) is 6.98. The maximum Gasteiger partial charge on any atom is 0.407 e. The summed E-state index contributed by atoms with van der Waals surface area (Å²) < 4.78 is 10.5. The molecule has 1 aromatic rings. The van der Waals surface area contributed by atoms with Gasteiger partial charge in [0.1, 0.15) is 5.75 Å². The molecule has 1 aliphatic carbocycles. The van der Waals surface area contributed by atoms with Crippen molar-refractivity contribution in [3.63, 3.8) is 0 Å². The third-order valence-electron chi connectivity index (χ3n) is 4.94. The molecule has 3 N–H and O–H groups in total. The van der Waals surface area contributed by atoms with Crippen LogP contribution in [0.2, 0.25) is 0 Å². The van der Waals surface area contributed by atoms with Crippen LogP contribution in [-0.4, -0.2) is 51.4 Å². The molecule has 0 bridgehead atoms. The molecule has 0 aromatic heterocycles. The molecule has 1 heterocycles. The van der Waals surface area contributed by atoms with Crippen LogP contribution >= 0.6 is 0 Å². The Morgan fingerprint density at radius 2 is 2.22 bits per heavy atom. The second-order valence-electron chi connectivity index (χ2n) is 6.98. The van der Waals surface area contributed by atoms with Gasteiger partial charge in [0, 0.05) is 26.6 Å². The van der Waals surface area contributed by atoms with Gasteiger partial charge in [-0.15, -0.1) is 0 Å². The average Bonchev–Trinajstić information content (AvgIpc) is 3.41. The van der Waals surface area contributed by atoms with E-state index in [4.69, 9.17) is 9.47 Å². The standard InChI is InChI=1S/C20H30N4O3/c1-3-26-20(25)24-17(15-5-6-15)13-23-19(21-2)22-10-8-14-4-7-18-16(12-14)9-11-27-18/h4,7,12,15,17H,3,5-6,8-11,13H2,1-2H3,(H,24,25)(H2,21,22,23). The Balaban J connectivity index is 1.41. The second kappa shape index (κ2) is 9.48. The van der Waals surface area contributed by atoms with Crippen LogP contribution in [0.4, 0.5) is 4.79 Å². The van der Waals surface area contributed by atoms with E-state index in [0.717, 1.165) is 50.5 Å². The third-order valence-corrected chi connectivity index (χ3v) is 4.94. The van der Waals surface area contributed by atoms with Crippen molar-refractivity contribution in [2.45, 2.75) is 38.6 Å². The van der Waals surface area contributed by atoms with E-state index in [1.807, 2.05) is 6.92 Å². The fourth-order valence-corrected chi connectivity index (χ4v) is 3.31. The Morgan fingerprint density at radius 1 is 1.37 bits per heavy atom. The molecule has 1 amide bonds. The molecule has 27 heavy (non-hydrogen) atoms. The Kier molecular flexibility index (Phi) is 6.79. The smallest absolute Gasteiger partial charge is 0.407 e. The fraction of sp³-hybridized carbons (Fsp3) is 0.600. The summed E-state index contributed by atoms with van der Waals surface area (Å²) in [5, 5.41) is 9.60. The molecule has 7 heteroatoms. The van der Waals surface area contributed by atoms with Crippen molar-refractivity contribution in [2.24, 2.45) is 10.9 Å². The van der Waals surface area contributed by atoms with Gasteiger partial charge >= 0.3 is 6.09 Å². The van der Waals surface area contributed by atoms with E-state index < -0.39 is 0 Å². The molecular formula is C20H30N4O3. The number of alkyl carbamates (subject to hydrolysis) is 1. The summed E-state index contributed by atoms with van der Waals surface area (Å²) in [4.78, 5) is 16.0. The predicted octanol–water partition coefficient (Wildman–Crippen LogP) is 1.85. The molecule has 7 nitrogen and oxygen atoms in total. The summed E-state index contributed by atoms with van der Waals surface area (Å²) in [7, 11) is 1.76. The Bertz CT molecular complexity index is 673. The minimum atomic E-state index is -0.347. The van der Waals surface area contributed by atoms with Gasteiger partial charge < -0.3 is 25.4 Å². The van der Waals surface area contributed by atoms with Gasteiger partial charge in [-0.25, -0.2) is 4.79 Å². The number of fused-ring (bicyclic) bond motifs is 1. The molecular weight excluding hydrogens is 344 g/mol. The van der Waals surface area contributed by atoms with Crippen LogP contribution in [0.25, 0.3) is 0 Å². The van der Waals surface area contributed by atoms with Crippen molar-refractivity contribution in [2.75, 3.05) is 33.4 Å². The van der Waals surface area contributed by atoms with Crippen molar-refractivity contribution in [1.29, 1.82) is 0 Å². The number of rotatable bonds is 8. The number of nitrogens with zero attached hydrogens (tertiary/aromatic N) is 1. The first-order valence-electron chi connectivity index (χ1n) is 9.82. The van der Waals surface area contributed by atoms with E-state index in [1.165, 1.54) is 11.1 Å². The highest BCUT2D eigenvalue weighted by atomic mass is 16.5. The van der Waals surface area contributed by atoms with Gasteiger partial charge in [-0.05, 0) is 49.3 Å². The van der Waals surface area contributed by atoms with Crippen molar-refractivity contribution < 1.29 is 14.3 Å². The Labute approximate surface area is 160 Å². The zero-order valence-electron chi connectivity index (χ0n) is 16.2. The lowest BCUT2D eigenvalue weighted by Crippen LogP contribution is -2.48. The zero-order valence-corrected chi connectivity index (χ0v) is 16.2. The van der Waals surface area contributed by atoms with Crippen LogP contribution in [0.1, 0.15) is 30.9 Å². The molecule has 1 saturated carbocycles. The van der Waals surface area contributed by atoms with Crippen molar-refractivity contribution in [3.05, 3.63) is 29.3 Å². The lowest BCUT2D eigenvalue weighted by molar-refractivity contribution is 0.146. The molecule has 0 spiro atoms. The summed E-state index contributed by atoms with van der Waals surface area (Å²) in [5.41, 5.74) is 2.59. The number of ether oxygens (including phenoxy) is 2. The molecule has 3 rings (SSSR count). The summed E-state index contributed by atoms with van der Waals surface area (Å²) in [6.07, 6.45) is 3.86. The van der Waals surface area contributed by atoms with Crippen LogP contribution in [0, 0.1) is 5.92 Å². The molecule has 1 atom stereocenters. The topological polar surface area (TPSA) is 84.0 Å². The van der Waals surface area contributed by atoms with Gasteiger partial charge in [0.05, 0.1) is 19.3 Å². The fourth-order valence-electron chi connectivity index (χ4n) is 3.31. The van der Waals surface area contributed by atoms with Gasteiger partial charge in [0.15, 0.2) is 5.96 Å². The first-order valence-corrected chi connectivity index (χ1v) is 9.82. The first kappa shape index (κ1) is 19.3. The highest BCUT2D eigenvalue weighted by molar-refractivity contribution is 5.79. The summed E-state index contributed by atoms with van der Waals surface area (Å²) >= 11 is 0. The number of aliphatic imine (C=N–C) groups is 1. The molecule has 0 radical (unpaired) electrons. The summed E-state index contributed by atoms with van der Waals surface area (Å²) in [6, 6.07) is 6.48. The van der Waals surface area contributed by atoms with Crippen molar-refractivity contribution >= 4 is 12.1 Å². The van der Waals surface area contributed by atoms with Crippen LogP contribution in [0.5, 0.6) is 5.75 Å². The molecule has 1 fully saturated rings. The highest BCUT2D eigenvalue weighted by Gasteiger charge is 2.32. The monoisotopic (exact) mass is 374 g/mol. The summed E-state index contributed by atoms with van der Waals surface area (Å²) in [6.45, 7) is 4.41. The largest absolute Gasteiger partial charge is 0.493 e. The minimum absolute atomic E-state index is 0.0688. The quantitative estimate of drug-likeness (QED) is 0.478. The number of carbonyl (C=O) groups is 1. The molecule has 1 unspecified atom stereocenters. The van der Waals surface area contributed by atoms with Crippen LogP contribution in [-0.2, 0) is 17.6 Å². The molecule has 2 aliphatic rings. The maximum absolute atomic E-state index is 11.7. The number of benzene rings is 1. The van der Waals surface area contributed by atoms with Crippen molar-refractivity contribution in [1.82, 2.24) is 16.0 Å². The minimum Gasteiger partial charge on any atom is -0.493 e. The van der Waals surface area contributed by atoms with E-state index in [1.54, 1.807) is 7.05 Å². The number of hydrogen-bond acceptors (Lipinski definition) is 4. The number of nitrogens with one attached hydrogen (secondary N) is 3. The van der Waals surface area contributed by atoms with Crippen LogP contribution < -0.4 is 20.7 Å². The highest BCUT2D eigenvalue weighted by Crippen LogP contribution is 2.32. The number of carbonyl (C=O) groups excluding carboxylic acids is 1. The van der Waals surface area contributed by atoms with Crippen molar-refractivity contribution in [3.8, 4) is 5.75 Å². The van der Waals surface area contributed by atoms with E-state index >= 15 is 0 Å². The molecule has 1 aliphatic heterocycles. The van der Waals surface area contributed by atoms with E-state index in [9.17, 15) is 4.79 Å². The number of hydrogen-bond donors (Lipinski definition) is 3. The predicted molar refractivity (Wildman–Crippen MR) is 105 cm³/mol. The lowest BCUT2D eigenvalue weighted by Gasteiger charge is -2.20. The van der Waals surface area contributed by atoms with E-state index in [0.29, 0.717) is 19.1 Å². The zero-order chi connectivity index (χ0) is 19.1. The van der Waals surface area contributed by atoms with Crippen LogP contribution in [0.15, 0.2) is 23.2 Å². The van der Waals surface area contributed by atoms with Gasteiger partial charge in [-0.3, -0.25) is 4.99 Å². The lowest BCUT2D eigenvalue weighted by atomic mass is 10.1. The number of amides is 1. The number of guanidine groups is 1. The normalized spacial score (nSPS) is 16.9. The van der Waals surface area contributed by atoms with Crippen LogP contribution in [0.3, 0.4) is 0 Å². The Hall–Kier alpha value is -2.44. The molecule has 148 valence electrons. The Morgan fingerprint density at radius 3 is 2.96 bits per heavy atom. The SMILES string of the molecule is CCOC(=O)NC(CNC(=NC)NCCc1ccc2c(c1)CCO2)C1CC1. The van der Waals surface area contributed by atoms with Gasteiger partial charge in [-0.1, -0.05) is 12.1 Å². The van der Waals surface area contributed by atoms with E-state index in [-0.39, 0.29) is 12.1 Å². The summed E-state index contributed by atoms with van der Waals surface area (Å²) in [5.74, 6) is 2.29. The van der Waals surface area contributed by atoms with E-state index in [2.05, 4.69) is 39.1 Å². The average molecular weight is 374 g/mol. The van der Waals surface area contributed by atoms with Gasteiger partial charge in [0.25, 0.3) is 0 Å². The first-order chi connectivity index (χ1) is 13.2. The maximum atomic E-state index is 11.7. The molecule has 0 saturated heterocycles. The third kappa shape index (κ3) is 5.77. The van der Waals surface area contributed by atoms with Gasteiger partial charge in [0.2, 0.25) is 0 Å². The van der Waals surface area contributed by atoms with Gasteiger partial charge in [-0.2, -0.15) is 0 Å².